The van der Waals surface area contributed by atoms with Crippen molar-refractivity contribution in [1.82, 2.24) is 10.0 Å². The van der Waals surface area contributed by atoms with Gasteiger partial charge in [-0.15, -0.1) is 11.3 Å². The summed E-state index contributed by atoms with van der Waals surface area (Å²) in [7, 11) is -1.53. The normalized spacial score (nSPS) is 11.9. The Morgan fingerprint density at radius 3 is 2.79 bits per heavy atom. The monoisotopic (exact) mass is 306 g/mol. The molecule has 0 aliphatic carbocycles. The van der Waals surface area contributed by atoms with Gasteiger partial charge in [0, 0.05) is 31.2 Å². The van der Waals surface area contributed by atoms with E-state index in [1.807, 2.05) is 20.0 Å². The van der Waals surface area contributed by atoms with Gasteiger partial charge in [0.05, 0.1) is 0 Å². The van der Waals surface area contributed by atoms with Gasteiger partial charge in [0.2, 0.25) is 10.0 Å². The molecule has 0 aromatic carbocycles. The van der Waals surface area contributed by atoms with E-state index in [2.05, 4.69) is 10.0 Å². The van der Waals surface area contributed by atoms with Crippen LogP contribution >= 0.6 is 11.3 Å². The Bertz CT molecular complexity index is 457. The Morgan fingerprint density at radius 1 is 1.32 bits per heavy atom. The lowest BCUT2D eigenvalue weighted by atomic mass is 10.4. The highest BCUT2D eigenvalue weighted by atomic mass is 32.2. The van der Waals surface area contributed by atoms with E-state index in [4.69, 9.17) is 4.74 Å². The zero-order valence-corrected chi connectivity index (χ0v) is 13.1. The van der Waals surface area contributed by atoms with E-state index in [-0.39, 0.29) is 0 Å². The van der Waals surface area contributed by atoms with Gasteiger partial charge in [-0.2, -0.15) is 0 Å². The van der Waals surface area contributed by atoms with Crippen LogP contribution in [0.3, 0.4) is 0 Å². The third-order valence-corrected chi connectivity index (χ3v) is 5.40. The van der Waals surface area contributed by atoms with Crippen molar-refractivity contribution in [2.24, 2.45) is 0 Å². The maximum atomic E-state index is 12.0. The molecule has 5 nitrogen and oxygen atoms in total. The van der Waals surface area contributed by atoms with Gasteiger partial charge in [0.25, 0.3) is 0 Å². The molecule has 2 N–H and O–H groups in total. The molecule has 0 saturated heterocycles. The average molecular weight is 306 g/mol. The minimum Gasteiger partial charge on any atom is -0.381 e. The van der Waals surface area contributed by atoms with Crippen molar-refractivity contribution < 1.29 is 13.2 Å². The first-order valence-corrected chi connectivity index (χ1v) is 8.71. The Balaban J connectivity index is 2.38. The van der Waals surface area contributed by atoms with Crippen molar-refractivity contribution in [3.8, 4) is 0 Å². The second kappa shape index (κ2) is 8.65. The molecule has 1 aromatic heterocycles. The fourth-order valence-corrected chi connectivity index (χ4v) is 3.96. The molecule has 0 aliphatic heterocycles. The van der Waals surface area contributed by atoms with Crippen LogP contribution in [0.25, 0.3) is 0 Å². The highest BCUT2D eigenvalue weighted by molar-refractivity contribution is 7.91. The summed E-state index contributed by atoms with van der Waals surface area (Å²) in [6.07, 6.45) is 1.67. The quantitative estimate of drug-likeness (QED) is 0.644. The topological polar surface area (TPSA) is 67.4 Å². The van der Waals surface area contributed by atoms with Crippen LogP contribution in [0.2, 0.25) is 0 Å². The molecule has 19 heavy (non-hydrogen) atoms. The fourth-order valence-electron chi connectivity index (χ4n) is 1.47. The van der Waals surface area contributed by atoms with Crippen LogP contribution in [-0.4, -0.2) is 35.2 Å². The van der Waals surface area contributed by atoms with Crippen molar-refractivity contribution >= 4 is 21.4 Å². The van der Waals surface area contributed by atoms with Gasteiger partial charge < -0.3 is 10.1 Å². The molecule has 1 aromatic rings. The molecule has 1 rings (SSSR count). The van der Waals surface area contributed by atoms with Crippen LogP contribution in [0.4, 0.5) is 0 Å². The highest BCUT2D eigenvalue weighted by Crippen LogP contribution is 2.21. The van der Waals surface area contributed by atoms with Crippen LogP contribution < -0.4 is 10.0 Å². The predicted molar refractivity (Wildman–Crippen MR) is 78.0 cm³/mol. The van der Waals surface area contributed by atoms with Crippen LogP contribution in [0.15, 0.2) is 16.3 Å². The van der Waals surface area contributed by atoms with Crippen molar-refractivity contribution in [1.29, 1.82) is 0 Å². The van der Waals surface area contributed by atoms with E-state index in [0.717, 1.165) is 17.9 Å². The number of rotatable bonds is 10. The molecule has 0 amide bonds. The molecular formula is C12H22N2O3S2. The minimum absolute atomic E-state index is 0.368. The molecule has 0 radical (unpaired) electrons. The Kier molecular flexibility index (Phi) is 7.55. The summed E-state index contributed by atoms with van der Waals surface area (Å²) >= 11 is 1.29. The first kappa shape index (κ1) is 16.6. The van der Waals surface area contributed by atoms with Gasteiger partial charge in [-0.05, 0) is 32.0 Å². The predicted octanol–water partition coefficient (Wildman–Crippen LogP) is 1.56. The third-order valence-electron chi connectivity index (χ3n) is 2.36. The lowest BCUT2D eigenvalue weighted by molar-refractivity contribution is 0.133. The summed E-state index contributed by atoms with van der Waals surface area (Å²) in [5, 5.41) is 3.00. The van der Waals surface area contributed by atoms with Gasteiger partial charge in [-0.3, -0.25) is 0 Å². The van der Waals surface area contributed by atoms with Crippen molar-refractivity contribution in [2.75, 3.05) is 26.8 Å². The molecule has 0 aliphatic rings. The summed E-state index contributed by atoms with van der Waals surface area (Å²) in [6, 6.07) is 3.48. The lowest BCUT2D eigenvalue weighted by Gasteiger charge is -2.05. The number of ether oxygens (including phenoxy) is 1. The maximum Gasteiger partial charge on any atom is 0.250 e. The van der Waals surface area contributed by atoms with Crippen molar-refractivity contribution in [3.05, 3.63) is 17.0 Å². The van der Waals surface area contributed by atoms with E-state index in [9.17, 15) is 8.42 Å². The second-order valence-electron chi connectivity index (χ2n) is 4.11. The smallest absolute Gasteiger partial charge is 0.250 e. The minimum atomic E-state index is -3.37. The van der Waals surface area contributed by atoms with Crippen LogP contribution in [0.5, 0.6) is 0 Å². The van der Waals surface area contributed by atoms with Gasteiger partial charge in [-0.1, -0.05) is 6.92 Å². The molecule has 0 fully saturated rings. The van der Waals surface area contributed by atoms with Gasteiger partial charge >= 0.3 is 0 Å². The van der Waals surface area contributed by atoms with E-state index in [0.29, 0.717) is 30.3 Å². The standard InChI is InChI=1S/C12H22N2O3S2/c1-3-8-17-9-4-7-14-19(15,16)12-6-5-11(18-12)10-13-2/h5-6,13-14H,3-4,7-10H2,1-2H3. The number of hydrogen-bond donors (Lipinski definition) is 2. The maximum absolute atomic E-state index is 12.0. The van der Waals surface area contributed by atoms with Gasteiger partial charge in [0.1, 0.15) is 4.21 Å². The zero-order chi connectivity index (χ0) is 14.1. The SMILES string of the molecule is CCCOCCCNS(=O)(=O)c1ccc(CNC)s1. The summed E-state index contributed by atoms with van der Waals surface area (Å²) in [6.45, 7) is 4.45. The Morgan fingerprint density at radius 2 is 2.11 bits per heavy atom. The highest BCUT2D eigenvalue weighted by Gasteiger charge is 2.15. The Labute approximate surface area is 119 Å². The summed E-state index contributed by atoms with van der Waals surface area (Å²) in [5.41, 5.74) is 0. The van der Waals surface area contributed by atoms with Gasteiger partial charge in [0.15, 0.2) is 0 Å². The molecular weight excluding hydrogens is 284 g/mol. The van der Waals surface area contributed by atoms with Gasteiger partial charge in [-0.25, -0.2) is 13.1 Å². The molecule has 7 heteroatoms. The Hall–Kier alpha value is -0.470. The molecule has 110 valence electrons. The van der Waals surface area contributed by atoms with Crippen LogP contribution in [0.1, 0.15) is 24.6 Å². The number of sulfonamides is 1. The molecule has 0 atom stereocenters. The van der Waals surface area contributed by atoms with Crippen molar-refractivity contribution in [3.63, 3.8) is 0 Å². The molecule has 1 heterocycles. The number of nitrogens with one attached hydrogen (secondary N) is 2. The largest absolute Gasteiger partial charge is 0.381 e. The van der Waals surface area contributed by atoms with E-state index in [1.165, 1.54) is 11.3 Å². The van der Waals surface area contributed by atoms with E-state index < -0.39 is 10.0 Å². The van der Waals surface area contributed by atoms with E-state index in [1.54, 1.807) is 6.07 Å². The summed E-state index contributed by atoms with van der Waals surface area (Å²) < 4.78 is 32.2. The first-order chi connectivity index (χ1) is 9.10. The van der Waals surface area contributed by atoms with Crippen LogP contribution in [-0.2, 0) is 21.3 Å². The number of hydrogen-bond acceptors (Lipinski definition) is 5. The van der Waals surface area contributed by atoms with Crippen molar-refractivity contribution in [2.45, 2.75) is 30.5 Å². The zero-order valence-electron chi connectivity index (χ0n) is 11.4. The fraction of sp³-hybridized carbons (Fsp3) is 0.667. The molecule has 0 spiro atoms. The van der Waals surface area contributed by atoms with E-state index >= 15 is 0 Å². The molecule has 0 saturated carbocycles. The molecule has 0 bridgehead atoms. The number of thiophene rings is 1. The first-order valence-electron chi connectivity index (χ1n) is 6.41. The van der Waals surface area contributed by atoms with Crippen LogP contribution in [0, 0.1) is 0 Å². The summed E-state index contributed by atoms with van der Waals surface area (Å²) in [5.74, 6) is 0. The average Bonchev–Trinajstić information content (AvgIpc) is 2.83. The molecule has 0 unspecified atom stereocenters. The lowest BCUT2D eigenvalue weighted by Crippen LogP contribution is -2.24. The second-order valence-corrected chi connectivity index (χ2v) is 7.28. The summed E-state index contributed by atoms with van der Waals surface area (Å²) in [4.78, 5) is 1.01. The third kappa shape index (κ3) is 6.01.